The van der Waals surface area contributed by atoms with Gasteiger partial charge in [-0.15, -0.1) is 0 Å². The van der Waals surface area contributed by atoms with E-state index in [4.69, 9.17) is 20.1 Å². The number of aryl methyl sites for hydroxylation is 1. The average Bonchev–Trinajstić information content (AvgIpc) is 2.71. The summed E-state index contributed by atoms with van der Waals surface area (Å²) in [4.78, 5) is 0. The van der Waals surface area contributed by atoms with Crippen LogP contribution in [0.15, 0.2) is 6.20 Å². The van der Waals surface area contributed by atoms with E-state index in [-0.39, 0.29) is 6.04 Å². The first-order chi connectivity index (χ1) is 8.24. The number of aromatic nitrogens is 2. The highest BCUT2D eigenvalue weighted by Crippen LogP contribution is 2.23. The molecule has 0 aromatic carbocycles. The minimum Gasteiger partial charge on any atom is -0.493 e. The minimum atomic E-state index is -0.172. The molecule has 1 heterocycles. The highest BCUT2D eigenvalue weighted by molar-refractivity contribution is 5.28. The molecule has 1 aromatic rings. The number of nitrogens with two attached hydrogens (primary N) is 1. The van der Waals surface area contributed by atoms with E-state index in [2.05, 4.69) is 10.5 Å². The van der Waals surface area contributed by atoms with Gasteiger partial charge in [0.25, 0.3) is 0 Å². The molecule has 1 aromatic heterocycles. The molecule has 7 nitrogen and oxygen atoms in total. The fourth-order valence-electron chi connectivity index (χ4n) is 1.53. The predicted octanol–water partition coefficient (Wildman–Crippen LogP) is -0.404. The second-order valence-electron chi connectivity index (χ2n) is 3.51. The summed E-state index contributed by atoms with van der Waals surface area (Å²) in [5.74, 6) is 6.20. The van der Waals surface area contributed by atoms with Crippen molar-refractivity contribution in [3.05, 3.63) is 11.9 Å². The van der Waals surface area contributed by atoms with Crippen LogP contribution in [0, 0.1) is 0 Å². The highest BCUT2D eigenvalue weighted by Gasteiger charge is 2.19. The van der Waals surface area contributed by atoms with Crippen LogP contribution in [0.4, 0.5) is 0 Å². The minimum absolute atomic E-state index is 0.172. The molecule has 1 unspecified atom stereocenters. The third-order valence-electron chi connectivity index (χ3n) is 2.42. The molecule has 0 aliphatic heterocycles. The van der Waals surface area contributed by atoms with Gasteiger partial charge in [-0.3, -0.25) is 10.5 Å². The largest absolute Gasteiger partial charge is 0.493 e. The Morgan fingerprint density at radius 1 is 1.47 bits per heavy atom. The molecule has 0 aliphatic carbocycles. The summed E-state index contributed by atoms with van der Waals surface area (Å²) in [6.45, 7) is 1.50. The van der Waals surface area contributed by atoms with Gasteiger partial charge in [0.15, 0.2) is 5.75 Å². The lowest BCUT2D eigenvalue weighted by molar-refractivity contribution is 0.0571. The average molecular weight is 244 g/mol. The van der Waals surface area contributed by atoms with Gasteiger partial charge < -0.3 is 14.2 Å². The zero-order chi connectivity index (χ0) is 12.7. The molecule has 0 bridgehead atoms. The molecule has 98 valence electrons. The zero-order valence-corrected chi connectivity index (χ0v) is 10.5. The smallest absolute Gasteiger partial charge is 0.161 e. The van der Waals surface area contributed by atoms with Gasteiger partial charge in [-0.2, -0.15) is 5.10 Å². The van der Waals surface area contributed by atoms with E-state index < -0.39 is 0 Å². The Hall–Kier alpha value is -1.15. The van der Waals surface area contributed by atoms with Crippen LogP contribution < -0.4 is 16.0 Å². The Morgan fingerprint density at radius 3 is 2.82 bits per heavy atom. The summed E-state index contributed by atoms with van der Waals surface area (Å²) in [5, 5.41) is 4.12. The number of hydrazine groups is 1. The van der Waals surface area contributed by atoms with Crippen molar-refractivity contribution in [2.45, 2.75) is 6.04 Å². The Bertz CT molecular complexity index is 329. The van der Waals surface area contributed by atoms with E-state index in [1.807, 2.05) is 7.05 Å². The number of nitrogens with one attached hydrogen (secondary N) is 1. The van der Waals surface area contributed by atoms with E-state index in [1.54, 1.807) is 25.1 Å². The summed E-state index contributed by atoms with van der Waals surface area (Å²) in [5.41, 5.74) is 3.54. The molecule has 0 saturated carbocycles. The zero-order valence-electron chi connectivity index (χ0n) is 10.5. The number of nitrogens with zero attached hydrogens (tertiary/aromatic N) is 2. The van der Waals surface area contributed by atoms with Crippen LogP contribution >= 0.6 is 0 Å². The van der Waals surface area contributed by atoms with Crippen molar-refractivity contribution in [1.82, 2.24) is 15.2 Å². The second kappa shape index (κ2) is 7.23. The Labute approximate surface area is 101 Å². The van der Waals surface area contributed by atoms with Crippen LogP contribution in [0.25, 0.3) is 0 Å². The van der Waals surface area contributed by atoms with Gasteiger partial charge >= 0.3 is 0 Å². The summed E-state index contributed by atoms with van der Waals surface area (Å²) in [6.07, 6.45) is 1.65. The fourth-order valence-corrected chi connectivity index (χ4v) is 1.53. The molecular weight excluding hydrogens is 224 g/mol. The number of rotatable bonds is 8. The molecule has 17 heavy (non-hydrogen) atoms. The van der Waals surface area contributed by atoms with Crippen molar-refractivity contribution in [3.63, 3.8) is 0 Å². The van der Waals surface area contributed by atoms with Crippen LogP contribution in [0.2, 0.25) is 0 Å². The van der Waals surface area contributed by atoms with Crippen molar-refractivity contribution in [1.29, 1.82) is 0 Å². The van der Waals surface area contributed by atoms with Crippen LogP contribution in [-0.2, 0) is 16.5 Å². The maximum Gasteiger partial charge on any atom is 0.161 e. The quantitative estimate of drug-likeness (QED) is 0.368. The molecule has 0 amide bonds. The third-order valence-corrected chi connectivity index (χ3v) is 2.42. The molecule has 0 radical (unpaired) electrons. The molecule has 7 heteroatoms. The number of ether oxygens (including phenoxy) is 3. The van der Waals surface area contributed by atoms with Crippen molar-refractivity contribution < 1.29 is 14.2 Å². The van der Waals surface area contributed by atoms with Gasteiger partial charge in [-0.25, -0.2) is 5.43 Å². The highest BCUT2D eigenvalue weighted by atomic mass is 16.5. The van der Waals surface area contributed by atoms with E-state index in [9.17, 15) is 0 Å². The van der Waals surface area contributed by atoms with Crippen molar-refractivity contribution in [2.24, 2.45) is 12.9 Å². The van der Waals surface area contributed by atoms with E-state index in [0.717, 1.165) is 5.69 Å². The van der Waals surface area contributed by atoms with Crippen LogP contribution in [0.3, 0.4) is 0 Å². The first kappa shape index (κ1) is 13.9. The van der Waals surface area contributed by atoms with Gasteiger partial charge in [0, 0.05) is 14.2 Å². The summed E-state index contributed by atoms with van der Waals surface area (Å²) < 4.78 is 17.3. The van der Waals surface area contributed by atoms with Gasteiger partial charge in [-0.05, 0) is 0 Å². The topological polar surface area (TPSA) is 83.6 Å². The van der Waals surface area contributed by atoms with Gasteiger partial charge in [0.1, 0.15) is 5.69 Å². The molecular formula is C10H20N4O3. The summed E-state index contributed by atoms with van der Waals surface area (Å²) in [6, 6.07) is -0.172. The standard InChI is InChI=1S/C10H20N4O3/c1-14-10(9(16-3)6-12-14)8(13-11)7-17-5-4-15-2/h6,8,13H,4-5,7,11H2,1-3H3. The molecule has 0 aliphatic rings. The Balaban J connectivity index is 2.62. The van der Waals surface area contributed by atoms with Crippen LogP contribution in [0.5, 0.6) is 5.75 Å². The van der Waals surface area contributed by atoms with Crippen molar-refractivity contribution in [2.75, 3.05) is 34.0 Å². The van der Waals surface area contributed by atoms with Crippen LogP contribution in [0.1, 0.15) is 11.7 Å². The second-order valence-corrected chi connectivity index (χ2v) is 3.51. The van der Waals surface area contributed by atoms with E-state index >= 15 is 0 Å². The molecule has 0 saturated heterocycles. The maximum atomic E-state index is 5.51. The molecule has 1 rings (SSSR count). The first-order valence-electron chi connectivity index (χ1n) is 5.33. The molecule has 3 N–H and O–H groups in total. The fraction of sp³-hybridized carbons (Fsp3) is 0.700. The third kappa shape index (κ3) is 3.67. The lowest BCUT2D eigenvalue weighted by Gasteiger charge is -2.17. The van der Waals surface area contributed by atoms with Gasteiger partial charge in [0.2, 0.25) is 0 Å². The van der Waals surface area contributed by atoms with Crippen LogP contribution in [-0.4, -0.2) is 43.8 Å². The van der Waals surface area contributed by atoms with E-state index in [1.165, 1.54) is 0 Å². The van der Waals surface area contributed by atoms with Crippen molar-refractivity contribution in [3.8, 4) is 5.75 Å². The Morgan fingerprint density at radius 2 is 2.24 bits per heavy atom. The summed E-state index contributed by atoms with van der Waals surface area (Å²) in [7, 11) is 5.06. The molecule has 0 spiro atoms. The Kier molecular flexibility index (Phi) is 5.92. The molecule has 0 fully saturated rings. The predicted molar refractivity (Wildman–Crippen MR) is 62.5 cm³/mol. The van der Waals surface area contributed by atoms with Gasteiger partial charge in [-0.1, -0.05) is 0 Å². The monoisotopic (exact) mass is 244 g/mol. The van der Waals surface area contributed by atoms with E-state index in [0.29, 0.717) is 25.6 Å². The van der Waals surface area contributed by atoms with Gasteiger partial charge in [0.05, 0.1) is 39.2 Å². The molecule has 1 atom stereocenters. The van der Waals surface area contributed by atoms with Crippen molar-refractivity contribution >= 4 is 0 Å². The number of hydrogen-bond acceptors (Lipinski definition) is 6. The maximum absolute atomic E-state index is 5.51. The number of hydrogen-bond donors (Lipinski definition) is 2. The first-order valence-corrected chi connectivity index (χ1v) is 5.33. The SMILES string of the molecule is COCCOCC(NN)c1c(OC)cnn1C. The lowest BCUT2D eigenvalue weighted by Crippen LogP contribution is -2.33. The summed E-state index contributed by atoms with van der Waals surface area (Å²) >= 11 is 0. The number of methoxy groups -OCH3 is 2. The normalized spacial score (nSPS) is 12.7. The lowest BCUT2D eigenvalue weighted by atomic mass is 10.2.